The summed E-state index contributed by atoms with van der Waals surface area (Å²) >= 11 is 12.2. The Morgan fingerprint density at radius 1 is 1.31 bits per heavy atom. The zero-order valence-electron chi connectivity index (χ0n) is 9.50. The van der Waals surface area contributed by atoms with Crippen LogP contribution in [0.4, 0.5) is 0 Å². The van der Waals surface area contributed by atoms with Crippen LogP contribution in [0.5, 0.6) is 0 Å². The molecule has 1 aromatic heterocycles. The molecule has 0 saturated carbocycles. The zero-order valence-corrected chi connectivity index (χ0v) is 11.0. The van der Waals surface area contributed by atoms with Crippen LogP contribution in [0.2, 0.25) is 10.0 Å². The van der Waals surface area contributed by atoms with Gasteiger partial charge in [-0.2, -0.15) is 0 Å². The Hall–Kier alpha value is -0.660. The fraction of sp³-hybridized carbons (Fsp3) is 0.385. The van der Waals surface area contributed by atoms with Crippen LogP contribution in [-0.2, 0) is 6.54 Å². The molecule has 1 heterocycles. The predicted octanol–water partition coefficient (Wildman–Crippen LogP) is 4.99. The van der Waals surface area contributed by atoms with E-state index in [0.717, 1.165) is 22.5 Å². The number of fused-ring (bicyclic) bond motifs is 1. The topological polar surface area (TPSA) is 4.93 Å². The summed E-state index contributed by atoms with van der Waals surface area (Å²) in [6.45, 7) is 5.46. The zero-order chi connectivity index (χ0) is 11.7. The van der Waals surface area contributed by atoms with Gasteiger partial charge in [0.1, 0.15) is 0 Å². The summed E-state index contributed by atoms with van der Waals surface area (Å²) in [6.07, 6.45) is 3.26. The molecule has 1 unspecified atom stereocenters. The maximum atomic E-state index is 6.15. The van der Waals surface area contributed by atoms with Crippen molar-refractivity contribution in [2.24, 2.45) is 5.92 Å². The first-order valence-corrected chi connectivity index (χ1v) is 6.31. The largest absolute Gasteiger partial charge is 0.347 e. The van der Waals surface area contributed by atoms with Gasteiger partial charge in [0.05, 0.1) is 10.5 Å². The van der Waals surface area contributed by atoms with Crippen molar-refractivity contribution in [1.29, 1.82) is 0 Å². The first-order valence-electron chi connectivity index (χ1n) is 5.55. The molecular weight excluding hydrogens is 241 g/mol. The van der Waals surface area contributed by atoms with Crippen molar-refractivity contribution in [3.63, 3.8) is 0 Å². The van der Waals surface area contributed by atoms with Gasteiger partial charge in [0.25, 0.3) is 0 Å². The molecule has 0 fully saturated rings. The lowest BCUT2D eigenvalue weighted by Gasteiger charge is -2.11. The molecule has 0 amide bonds. The molecule has 0 radical (unpaired) electrons. The number of nitrogens with zero attached hydrogens (tertiary/aromatic N) is 1. The van der Waals surface area contributed by atoms with Gasteiger partial charge >= 0.3 is 0 Å². The molecule has 2 rings (SSSR count). The van der Waals surface area contributed by atoms with Gasteiger partial charge in [-0.15, -0.1) is 0 Å². The second-order valence-electron chi connectivity index (χ2n) is 4.30. The summed E-state index contributed by atoms with van der Waals surface area (Å²) in [4.78, 5) is 0. The monoisotopic (exact) mass is 255 g/mol. The van der Waals surface area contributed by atoms with Crippen LogP contribution in [0.15, 0.2) is 24.4 Å². The molecule has 0 aliphatic carbocycles. The Morgan fingerprint density at radius 2 is 2.06 bits per heavy atom. The first kappa shape index (κ1) is 11.8. The standard InChI is InChI=1S/C13H15Cl2N/c1-3-9(2)8-16-5-4-11-12(15)6-10(14)7-13(11)16/h4-7,9H,3,8H2,1-2H3. The van der Waals surface area contributed by atoms with Crippen LogP contribution in [-0.4, -0.2) is 4.57 Å². The van der Waals surface area contributed by atoms with E-state index in [2.05, 4.69) is 30.7 Å². The number of hydrogen-bond acceptors (Lipinski definition) is 0. The Balaban J connectivity index is 2.47. The molecule has 1 atom stereocenters. The van der Waals surface area contributed by atoms with Gasteiger partial charge in [-0.05, 0) is 24.1 Å². The van der Waals surface area contributed by atoms with E-state index in [4.69, 9.17) is 23.2 Å². The third kappa shape index (κ3) is 2.21. The van der Waals surface area contributed by atoms with E-state index in [1.54, 1.807) is 6.07 Å². The molecule has 1 aromatic carbocycles. The van der Waals surface area contributed by atoms with Crippen molar-refractivity contribution in [2.45, 2.75) is 26.8 Å². The predicted molar refractivity (Wildman–Crippen MR) is 71.4 cm³/mol. The highest BCUT2D eigenvalue weighted by Gasteiger charge is 2.08. The van der Waals surface area contributed by atoms with E-state index in [0.29, 0.717) is 10.9 Å². The highest BCUT2D eigenvalue weighted by Crippen LogP contribution is 2.29. The average molecular weight is 256 g/mol. The summed E-state index contributed by atoms with van der Waals surface area (Å²) in [7, 11) is 0. The maximum absolute atomic E-state index is 6.15. The fourth-order valence-electron chi connectivity index (χ4n) is 1.84. The minimum atomic E-state index is 0.661. The number of halogens is 2. The second-order valence-corrected chi connectivity index (χ2v) is 5.15. The van der Waals surface area contributed by atoms with E-state index < -0.39 is 0 Å². The van der Waals surface area contributed by atoms with Crippen molar-refractivity contribution >= 4 is 34.1 Å². The lowest BCUT2D eigenvalue weighted by molar-refractivity contribution is 0.477. The van der Waals surface area contributed by atoms with E-state index in [1.807, 2.05) is 6.07 Å². The van der Waals surface area contributed by atoms with Gasteiger partial charge < -0.3 is 4.57 Å². The molecular formula is C13H15Cl2N. The molecule has 1 nitrogen and oxygen atoms in total. The van der Waals surface area contributed by atoms with Crippen LogP contribution in [0.25, 0.3) is 10.9 Å². The van der Waals surface area contributed by atoms with Crippen LogP contribution in [0.1, 0.15) is 20.3 Å². The molecule has 16 heavy (non-hydrogen) atoms. The van der Waals surface area contributed by atoms with Crippen LogP contribution in [0, 0.1) is 5.92 Å². The van der Waals surface area contributed by atoms with Crippen LogP contribution >= 0.6 is 23.2 Å². The van der Waals surface area contributed by atoms with Gasteiger partial charge in [-0.1, -0.05) is 43.5 Å². The normalized spacial score (nSPS) is 13.2. The highest BCUT2D eigenvalue weighted by atomic mass is 35.5. The summed E-state index contributed by atoms with van der Waals surface area (Å²) in [6, 6.07) is 5.82. The van der Waals surface area contributed by atoms with Crippen LogP contribution < -0.4 is 0 Å². The molecule has 0 N–H and O–H groups in total. The Labute approximate surface area is 106 Å². The molecule has 0 aliphatic rings. The third-order valence-electron chi connectivity index (χ3n) is 3.01. The quantitative estimate of drug-likeness (QED) is 0.728. The summed E-state index contributed by atoms with van der Waals surface area (Å²) < 4.78 is 2.22. The molecule has 0 aliphatic heterocycles. The molecule has 0 spiro atoms. The van der Waals surface area contributed by atoms with Crippen molar-refractivity contribution in [1.82, 2.24) is 4.57 Å². The lowest BCUT2D eigenvalue weighted by Crippen LogP contribution is -2.05. The lowest BCUT2D eigenvalue weighted by atomic mass is 10.1. The SMILES string of the molecule is CCC(C)Cn1ccc2c(Cl)cc(Cl)cc21. The number of rotatable bonds is 3. The Kier molecular flexibility index (Phi) is 3.46. The van der Waals surface area contributed by atoms with Crippen molar-refractivity contribution < 1.29 is 0 Å². The van der Waals surface area contributed by atoms with Gasteiger partial charge in [0.15, 0.2) is 0 Å². The van der Waals surface area contributed by atoms with Gasteiger partial charge in [-0.3, -0.25) is 0 Å². The van der Waals surface area contributed by atoms with Crippen molar-refractivity contribution in [3.8, 4) is 0 Å². The number of aromatic nitrogens is 1. The third-order valence-corrected chi connectivity index (χ3v) is 3.54. The second kappa shape index (κ2) is 4.68. The van der Waals surface area contributed by atoms with E-state index in [9.17, 15) is 0 Å². The molecule has 0 bridgehead atoms. The minimum Gasteiger partial charge on any atom is -0.347 e. The highest BCUT2D eigenvalue weighted by molar-refractivity contribution is 6.38. The average Bonchev–Trinajstić information content (AvgIpc) is 2.61. The van der Waals surface area contributed by atoms with Crippen molar-refractivity contribution in [2.75, 3.05) is 0 Å². The van der Waals surface area contributed by atoms with E-state index in [-0.39, 0.29) is 0 Å². The van der Waals surface area contributed by atoms with Crippen molar-refractivity contribution in [3.05, 3.63) is 34.4 Å². The summed E-state index contributed by atoms with van der Waals surface area (Å²) in [5, 5.41) is 2.50. The summed E-state index contributed by atoms with van der Waals surface area (Å²) in [5.41, 5.74) is 1.12. The fourth-order valence-corrected chi connectivity index (χ4v) is 2.39. The molecule has 86 valence electrons. The maximum Gasteiger partial charge on any atom is 0.0514 e. The smallest absolute Gasteiger partial charge is 0.0514 e. The van der Waals surface area contributed by atoms with E-state index in [1.165, 1.54) is 6.42 Å². The first-order chi connectivity index (χ1) is 7.61. The van der Waals surface area contributed by atoms with Gasteiger partial charge in [0.2, 0.25) is 0 Å². The minimum absolute atomic E-state index is 0.661. The molecule has 2 aromatic rings. The molecule has 0 saturated heterocycles. The number of hydrogen-bond donors (Lipinski definition) is 0. The van der Waals surface area contributed by atoms with Crippen LogP contribution in [0.3, 0.4) is 0 Å². The van der Waals surface area contributed by atoms with E-state index >= 15 is 0 Å². The van der Waals surface area contributed by atoms with Gasteiger partial charge in [-0.25, -0.2) is 0 Å². The summed E-state index contributed by atoms with van der Waals surface area (Å²) in [5.74, 6) is 0.661. The Bertz CT molecular complexity index is 502. The van der Waals surface area contributed by atoms with Gasteiger partial charge in [0, 0.05) is 23.2 Å². The number of benzene rings is 1. The molecule has 3 heteroatoms. The Morgan fingerprint density at radius 3 is 2.75 bits per heavy atom.